The number of ether oxygens (including phenoxy) is 1. The number of nitrogens with zero attached hydrogens (tertiary/aromatic N) is 1. The van der Waals surface area contributed by atoms with Crippen molar-refractivity contribution >= 4 is 10.9 Å². The summed E-state index contributed by atoms with van der Waals surface area (Å²) in [6.07, 6.45) is 1.43. The molecule has 2 rings (SSSR count). The molecule has 0 aliphatic carbocycles. The van der Waals surface area contributed by atoms with Gasteiger partial charge in [-0.05, 0) is 31.2 Å². The molecule has 0 spiro atoms. The zero-order chi connectivity index (χ0) is 9.97. The number of fused-ring (bicyclic) bond motifs is 1. The highest BCUT2D eigenvalue weighted by atomic mass is 16.5. The second kappa shape index (κ2) is 3.54. The lowest BCUT2D eigenvalue weighted by atomic mass is 10.2. The van der Waals surface area contributed by atoms with Gasteiger partial charge in [-0.3, -0.25) is 4.98 Å². The maximum absolute atomic E-state index is 9.25. The fraction of sp³-hybridized carbons (Fsp3) is 0.182. The van der Waals surface area contributed by atoms with Gasteiger partial charge >= 0.3 is 0 Å². The van der Waals surface area contributed by atoms with Crippen LogP contribution < -0.4 is 4.74 Å². The van der Waals surface area contributed by atoms with Gasteiger partial charge in [-0.2, -0.15) is 0 Å². The number of pyridine rings is 1. The van der Waals surface area contributed by atoms with Crippen LogP contribution in [-0.2, 0) is 0 Å². The third-order valence-electron chi connectivity index (χ3n) is 1.95. The van der Waals surface area contributed by atoms with Crippen LogP contribution in [0.4, 0.5) is 0 Å². The van der Waals surface area contributed by atoms with Crippen molar-refractivity contribution in [3.05, 3.63) is 30.5 Å². The van der Waals surface area contributed by atoms with Gasteiger partial charge in [0.05, 0.1) is 18.3 Å². The molecule has 1 aromatic carbocycles. The molecule has 0 unspecified atom stereocenters. The van der Waals surface area contributed by atoms with Crippen LogP contribution in [-0.4, -0.2) is 16.7 Å². The largest absolute Gasteiger partial charge is 0.506 e. The summed E-state index contributed by atoms with van der Waals surface area (Å²) in [6.45, 7) is 2.57. The number of hydrogen-bond acceptors (Lipinski definition) is 3. The highest BCUT2D eigenvalue weighted by Crippen LogP contribution is 2.22. The topological polar surface area (TPSA) is 42.4 Å². The SMILES string of the molecule is CCOc1ccc2ncc(O)cc2c1. The van der Waals surface area contributed by atoms with Gasteiger partial charge in [0.2, 0.25) is 0 Å². The molecule has 1 heterocycles. The summed E-state index contributed by atoms with van der Waals surface area (Å²) in [5.74, 6) is 0.971. The minimum Gasteiger partial charge on any atom is -0.506 e. The van der Waals surface area contributed by atoms with E-state index in [9.17, 15) is 5.11 Å². The lowest BCUT2D eigenvalue weighted by molar-refractivity contribution is 0.340. The van der Waals surface area contributed by atoms with Crippen molar-refractivity contribution in [1.29, 1.82) is 0 Å². The van der Waals surface area contributed by atoms with Gasteiger partial charge in [-0.15, -0.1) is 0 Å². The first-order valence-electron chi connectivity index (χ1n) is 4.51. The van der Waals surface area contributed by atoms with E-state index in [-0.39, 0.29) is 5.75 Å². The van der Waals surface area contributed by atoms with E-state index in [4.69, 9.17) is 4.74 Å². The molecule has 0 atom stereocenters. The fourth-order valence-corrected chi connectivity index (χ4v) is 1.35. The summed E-state index contributed by atoms with van der Waals surface area (Å²) < 4.78 is 5.34. The monoisotopic (exact) mass is 189 g/mol. The van der Waals surface area contributed by atoms with Gasteiger partial charge in [0, 0.05) is 5.39 Å². The second-order valence-electron chi connectivity index (χ2n) is 2.98. The average molecular weight is 189 g/mol. The Morgan fingerprint density at radius 2 is 2.21 bits per heavy atom. The van der Waals surface area contributed by atoms with Gasteiger partial charge in [0.25, 0.3) is 0 Å². The predicted molar refractivity (Wildman–Crippen MR) is 54.6 cm³/mol. The molecule has 0 aliphatic heterocycles. The molecule has 0 radical (unpaired) electrons. The molecule has 0 aliphatic rings. The standard InChI is InChI=1S/C11H11NO2/c1-2-14-10-3-4-11-8(6-10)5-9(13)7-12-11/h3-7,13H,2H2,1H3. The smallest absolute Gasteiger partial charge is 0.134 e. The summed E-state index contributed by atoms with van der Waals surface area (Å²) in [5, 5.41) is 10.1. The first-order chi connectivity index (χ1) is 6.79. The van der Waals surface area contributed by atoms with E-state index in [0.29, 0.717) is 6.61 Å². The van der Waals surface area contributed by atoms with Crippen molar-refractivity contribution in [2.45, 2.75) is 6.92 Å². The van der Waals surface area contributed by atoms with Crippen LogP contribution in [0.3, 0.4) is 0 Å². The zero-order valence-corrected chi connectivity index (χ0v) is 7.90. The Kier molecular flexibility index (Phi) is 2.23. The Hall–Kier alpha value is -1.77. The molecular formula is C11H11NO2. The number of aromatic hydroxyl groups is 1. The van der Waals surface area contributed by atoms with E-state index in [1.807, 2.05) is 25.1 Å². The van der Waals surface area contributed by atoms with Gasteiger partial charge in [-0.1, -0.05) is 0 Å². The van der Waals surface area contributed by atoms with Crippen LogP contribution in [0.5, 0.6) is 11.5 Å². The third kappa shape index (κ3) is 1.62. The number of aromatic nitrogens is 1. The molecule has 1 N–H and O–H groups in total. The Morgan fingerprint density at radius 1 is 1.36 bits per heavy atom. The van der Waals surface area contributed by atoms with E-state index < -0.39 is 0 Å². The molecular weight excluding hydrogens is 178 g/mol. The van der Waals surface area contributed by atoms with Crippen molar-refractivity contribution in [1.82, 2.24) is 4.98 Å². The maximum Gasteiger partial charge on any atom is 0.134 e. The van der Waals surface area contributed by atoms with Crippen molar-refractivity contribution in [3.63, 3.8) is 0 Å². The molecule has 72 valence electrons. The first kappa shape index (κ1) is 8.81. The molecule has 1 aromatic heterocycles. The van der Waals surface area contributed by atoms with Crippen molar-refractivity contribution < 1.29 is 9.84 Å². The molecule has 2 aromatic rings. The van der Waals surface area contributed by atoms with Gasteiger partial charge < -0.3 is 9.84 Å². The molecule has 14 heavy (non-hydrogen) atoms. The van der Waals surface area contributed by atoms with Gasteiger partial charge in [-0.25, -0.2) is 0 Å². The minimum absolute atomic E-state index is 0.172. The normalized spacial score (nSPS) is 10.4. The quantitative estimate of drug-likeness (QED) is 0.788. The highest BCUT2D eigenvalue weighted by Gasteiger charge is 1.98. The first-order valence-corrected chi connectivity index (χ1v) is 4.51. The van der Waals surface area contributed by atoms with Crippen molar-refractivity contribution in [2.75, 3.05) is 6.61 Å². The van der Waals surface area contributed by atoms with Gasteiger partial charge in [0.15, 0.2) is 0 Å². The lowest BCUT2D eigenvalue weighted by Gasteiger charge is -2.04. The maximum atomic E-state index is 9.25. The Morgan fingerprint density at radius 3 is 3.00 bits per heavy atom. The average Bonchev–Trinajstić information content (AvgIpc) is 2.17. The summed E-state index contributed by atoms with van der Waals surface area (Å²) in [6, 6.07) is 7.28. The summed E-state index contributed by atoms with van der Waals surface area (Å²) in [5.41, 5.74) is 0.853. The summed E-state index contributed by atoms with van der Waals surface area (Å²) >= 11 is 0. The van der Waals surface area contributed by atoms with Crippen LogP contribution in [0, 0.1) is 0 Å². The number of rotatable bonds is 2. The molecule has 0 amide bonds. The summed E-state index contributed by atoms with van der Waals surface area (Å²) in [7, 11) is 0. The van der Waals surface area contributed by atoms with E-state index in [0.717, 1.165) is 16.7 Å². The molecule has 0 saturated carbocycles. The Labute approximate surface area is 82.0 Å². The molecule has 3 nitrogen and oxygen atoms in total. The van der Waals surface area contributed by atoms with Gasteiger partial charge in [0.1, 0.15) is 11.5 Å². The van der Waals surface area contributed by atoms with Crippen LogP contribution in [0.25, 0.3) is 10.9 Å². The fourth-order valence-electron chi connectivity index (χ4n) is 1.35. The number of benzene rings is 1. The minimum atomic E-state index is 0.172. The van der Waals surface area contributed by atoms with E-state index >= 15 is 0 Å². The van der Waals surface area contributed by atoms with E-state index in [1.54, 1.807) is 6.07 Å². The van der Waals surface area contributed by atoms with Crippen molar-refractivity contribution in [2.24, 2.45) is 0 Å². The third-order valence-corrected chi connectivity index (χ3v) is 1.95. The molecule has 3 heteroatoms. The number of hydrogen-bond donors (Lipinski definition) is 1. The summed E-state index contributed by atoms with van der Waals surface area (Å²) in [4.78, 5) is 4.08. The molecule has 0 saturated heterocycles. The Bertz CT molecular complexity index is 454. The highest BCUT2D eigenvalue weighted by molar-refractivity contribution is 5.81. The van der Waals surface area contributed by atoms with E-state index in [2.05, 4.69) is 4.98 Å². The van der Waals surface area contributed by atoms with Crippen molar-refractivity contribution in [3.8, 4) is 11.5 Å². The van der Waals surface area contributed by atoms with E-state index in [1.165, 1.54) is 6.20 Å². The zero-order valence-electron chi connectivity index (χ0n) is 7.90. The Balaban J connectivity index is 2.52. The van der Waals surface area contributed by atoms with Crippen LogP contribution >= 0.6 is 0 Å². The lowest BCUT2D eigenvalue weighted by Crippen LogP contribution is -1.91. The second-order valence-corrected chi connectivity index (χ2v) is 2.98. The predicted octanol–water partition coefficient (Wildman–Crippen LogP) is 2.34. The van der Waals surface area contributed by atoms with Crippen LogP contribution in [0.1, 0.15) is 6.92 Å². The van der Waals surface area contributed by atoms with Crippen LogP contribution in [0.15, 0.2) is 30.5 Å². The van der Waals surface area contributed by atoms with Crippen LogP contribution in [0.2, 0.25) is 0 Å². The molecule has 0 fully saturated rings. The molecule has 0 bridgehead atoms.